The van der Waals surface area contributed by atoms with Crippen LogP contribution in [0.15, 0.2) is 10.9 Å². The highest BCUT2D eigenvalue weighted by Crippen LogP contribution is 2.24. The van der Waals surface area contributed by atoms with E-state index >= 15 is 0 Å². The van der Waals surface area contributed by atoms with Crippen LogP contribution in [-0.2, 0) is 5.60 Å². The number of β-amino-alcohol motifs (C(OH)–C–C–N with tert-alkyl or cyclic N) is 1. The van der Waals surface area contributed by atoms with Gasteiger partial charge in [0.25, 0.3) is 5.89 Å². The summed E-state index contributed by atoms with van der Waals surface area (Å²) in [5, 5.41) is 16.3. The molecule has 1 aromatic heterocycles. The van der Waals surface area contributed by atoms with Crippen LogP contribution in [0.3, 0.4) is 0 Å². The zero-order valence-electron chi connectivity index (χ0n) is 5.95. The predicted octanol–water partition coefficient (Wildman–Crippen LogP) is -0.750. The van der Waals surface area contributed by atoms with Gasteiger partial charge in [-0.25, -0.2) is 0 Å². The maximum absolute atomic E-state index is 9.79. The second kappa shape index (κ2) is 2.28. The molecule has 0 aromatic carbocycles. The third-order valence-corrected chi connectivity index (χ3v) is 1.89. The highest BCUT2D eigenvalue weighted by molar-refractivity contribution is 5.00. The molecule has 1 fully saturated rings. The Labute approximate surface area is 63.4 Å². The molecule has 1 atom stereocenters. The molecule has 1 saturated heterocycles. The molecule has 0 radical (unpaired) electrons. The molecule has 0 spiro atoms. The lowest BCUT2D eigenvalue weighted by atomic mass is 10.0. The summed E-state index contributed by atoms with van der Waals surface area (Å²) in [6, 6.07) is 0. The van der Waals surface area contributed by atoms with Crippen LogP contribution >= 0.6 is 0 Å². The molecule has 0 amide bonds. The molecule has 2 rings (SSSR count). The average molecular weight is 155 g/mol. The number of hydrogen-bond acceptors (Lipinski definition) is 5. The maximum atomic E-state index is 9.79. The van der Waals surface area contributed by atoms with Crippen molar-refractivity contribution in [3.05, 3.63) is 12.2 Å². The van der Waals surface area contributed by atoms with Crippen molar-refractivity contribution in [1.29, 1.82) is 0 Å². The van der Waals surface area contributed by atoms with E-state index in [9.17, 15) is 5.11 Å². The SMILES string of the molecule is OC1(c2ncno2)CCNC1. The third-order valence-electron chi connectivity index (χ3n) is 1.89. The largest absolute Gasteiger partial charge is 0.379 e. The van der Waals surface area contributed by atoms with E-state index in [4.69, 9.17) is 4.52 Å². The van der Waals surface area contributed by atoms with Crippen LogP contribution in [0.1, 0.15) is 12.3 Å². The van der Waals surface area contributed by atoms with E-state index in [1.54, 1.807) is 0 Å². The number of aliphatic hydroxyl groups is 1. The van der Waals surface area contributed by atoms with Gasteiger partial charge in [0.2, 0.25) is 0 Å². The van der Waals surface area contributed by atoms with Crippen LogP contribution in [0.4, 0.5) is 0 Å². The molecule has 1 aliphatic rings. The van der Waals surface area contributed by atoms with E-state index < -0.39 is 5.60 Å². The molecule has 2 N–H and O–H groups in total. The Morgan fingerprint density at radius 3 is 3.18 bits per heavy atom. The fourth-order valence-corrected chi connectivity index (χ4v) is 1.24. The Morgan fingerprint density at radius 1 is 1.73 bits per heavy atom. The van der Waals surface area contributed by atoms with Crippen LogP contribution in [0.25, 0.3) is 0 Å². The first-order valence-electron chi connectivity index (χ1n) is 3.51. The topological polar surface area (TPSA) is 71.2 Å². The molecule has 11 heavy (non-hydrogen) atoms. The van der Waals surface area contributed by atoms with E-state index in [0.29, 0.717) is 18.9 Å². The molecular formula is C6H9N3O2. The normalized spacial score (nSPS) is 31.0. The highest BCUT2D eigenvalue weighted by atomic mass is 16.5. The first-order valence-corrected chi connectivity index (χ1v) is 3.51. The van der Waals surface area contributed by atoms with Crippen LogP contribution in [0.5, 0.6) is 0 Å². The van der Waals surface area contributed by atoms with Crippen molar-refractivity contribution in [3.8, 4) is 0 Å². The lowest BCUT2D eigenvalue weighted by Crippen LogP contribution is -2.28. The first kappa shape index (κ1) is 6.75. The first-order chi connectivity index (χ1) is 5.31. The van der Waals surface area contributed by atoms with Gasteiger partial charge < -0.3 is 14.9 Å². The van der Waals surface area contributed by atoms with E-state index in [-0.39, 0.29) is 0 Å². The summed E-state index contributed by atoms with van der Waals surface area (Å²) in [6.45, 7) is 1.29. The second-order valence-corrected chi connectivity index (χ2v) is 2.70. The summed E-state index contributed by atoms with van der Waals surface area (Å²) in [5.74, 6) is 0.308. The van der Waals surface area contributed by atoms with Gasteiger partial charge in [-0.15, -0.1) is 0 Å². The van der Waals surface area contributed by atoms with Gasteiger partial charge in [-0.3, -0.25) is 0 Å². The zero-order chi connectivity index (χ0) is 7.73. The molecule has 0 bridgehead atoms. The number of hydrogen-bond donors (Lipinski definition) is 2. The smallest absolute Gasteiger partial charge is 0.259 e. The number of nitrogens with zero attached hydrogens (tertiary/aromatic N) is 2. The van der Waals surface area contributed by atoms with E-state index in [0.717, 1.165) is 6.54 Å². The highest BCUT2D eigenvalue weighted by Gasteiger charge is 2.37. The Bertz CT molecular complexity index is 228. The lowest BCUT2D eigenvalue weighted by Gasteiger charge is -2.14. The van der Waals surface area contributed by atoms with Crippen LogP contribution in [0.2, 0.25) is 0 Å². The van der Waals surface area contributed by atoms with Crippen molar-refractivity contribution in [2.24, 2.45) is 0 Å². The average Bonchev–Trinajstić information content (AvgIpc) is 2.55. The second-order valence-electron chi connectivity index (χ2n) is 2.70. The quantitative estimate of drug-likeness (QED) is 0.558. The summed E-state index contributed by atoms with van der Waals surface area (Å²) >= 11 is 0. The van der Waals surface area contributed by atoms with Gasteiger partial charge in [-0.05, 0) is 13.0 Å². The van der Waals surface area contributed by atoms with Gasteiger partial charge >= 0.3 is 0 Å². The summed E-state index contributed by atoms with van der Waals surface area (Å²) in [6.07, 6.45) is 1.93. The monoisotopic (exact) mass is 155 g/mol. The molecule has 0 aliphatic carbocycles. The van der Waals surface area contributed by atoms with Crippen LogP contribution < -0.4 is 5.32 Å². The van der Waals surface area contributed by atoms with E-state index in [1.807, 2.05) is 0 Å². The summed E-state index contributed by atoms with van der Waals surface area (Å²) in [5.41, 5.74) is -0.934. The maximum Gasteiger partial charge on any atom is 0.259 e. The molecule has 1 unspecified atom stereocenters. The summed E-state index contributed by atoms with van der Waals surface area (Å²) in [7, 11) is 0. The van der Waals surface area contributed by atoms with Gasteiger partial charge in [0, 0.05) is 6.54 Å². The molecule has 5 heteroatoms. The zero-order valence-corrected chi connectivity index (χ0v) is 5.95. The van der Waals surface area contributed by atoms with Gasteiger partial charge in [0.15, 0.2) is 11.9 Å². The Morgan fingerprint density at radius 2 is 2.64 bits per heavy atom. The standard InChI is InChI=1S/C6H9N3O2/c10-6(1-2-7-3-6)5-8-4-9-11-5/h4,7,10H,1-3H2. The van der Waals surface area contributed by atoms with E-state index in [1.165, 1.54) is 6.33 Å². The van der Waals surface area contributed by atoms with Crippen molar-refractivity contribution in [1.82, 2.24) is 15.5 Å². The molecule has 1 aliphatic heterocycles. The van der Waals surface area contributed by atoms with Crippen LogP contribution in [-0.4, -0.2) is 28.3 Å². The summed E-state index contributed by atoms with van der Waals surface area (Å²) < 4.78 is 4.77. The molecule has 5 nitrogen and oxygen atoms in total. The molecule has 60 valence electrons. The Kier molecular flexibility index (Phi) is 1.40. The minimum absolute atomic E-state index is 0.308. The lowest BCUT2D eigenvalue weighted by molar-refractivity contribution is 0.0243. The Balaban J connectivity index is 2.27. The Hall–Kier alpha value is -0.940. The predicted molar refractivity (Wildman–Crippen MR) is 35.7 cm³/mol. The van der Waals surface area contributed by atoms with Gasteiger partial charge in [-0.1, -0.05) is 5.16 Å². The summed E-state index contributed by atoms with van der Waals surface area (Å²) in [4.78, 5) is 3.80. The van der Waals surface area contributed by atoms with Crippen molar-refractivity contribution in [3.63, 3.8) is 0 Å². The molecular weight excluding hydrogens is 146 g/mol. The molecule has 1 aromatic rings. The molecule has 2 heterocycles. The van der Waals surface area contributed by atoms with Crippen molar-refractivity contribution in [2.45, 2.75) is 12.0 Å². The van der Waals surface area contributed by atoms with Gasteiger partial charge in [0.1, 0.15) is 0 Å². The number of rotatable bonds is 1. The van der Waals surface area contributed by atoms with E-state index in [2.05, 4.69) is 15.5 Å². The van der Waals surface area contributed by atoms with Crippen molar-refractivity contribution >= 4 is 0 Å². The fraction of sp³-hybridized carbons (Fsp3) is 0.667. The molecule has 0 saturated carbocycles. The van der Waals surface area contributed by atoms with Crippen molar-refractivity contribution < 1.29 is 9.63 Å². The van der Waals surface area contributed by atoms with Crippen LogP contribution in [0, 0.1) is 0 Å². The fourth-order valence-electron chi connectivity index (χ4n) is 1.24. The van der Waals surface area contributed by atoms with Crippen molar-refractivity contribution in [2.75, 3.05) is 13.1 Å². The number of aromatic nitrogens is 2. The third kappa shape index (κ3) is 1.02. The minimum Gasteiger partial charge on any atom is -0.379 e. The van der Waals surface area contributed by atoms with Gasteiger partial charge in [0.05, 0.1) is 0 Å². The number of nitrogens with one attached hydrogen (secondary N) is 1. The van der Waals surface area contributed by atoms with Gasteiger partial charge in [-0.2, -0.15) is 4.98 Å². The minimum atomic E-state index is -0.934.